The first-order valence-corrected chi connectivity index (χ1v) is 28.3. The molecule has 0 aliphatic rings. The molecule has 1 amide bonds. The van der Waals surface area contributed by atoms with Gasteiger partial charge in [0.25, 0.3) is 0 Å². The van der Waals surface area contributed by atoms with Crippen LogP contribution in [0.4, 0.5) is 0 Å². The molecule has 0 radical (unpaired) electrons. The van der Waals surface area contributed by atoms with E-state index in [0.29, 0.717) is 17.4 Å². The summed E-state index contributed by atoms with van der Waals surface area (Å²) in [6.45, 7) is 4.60. The number of likely N-dealkylation sites (N-methyl/N-ethyl adjacent to an activating group) is 1. The number of unbranched alkanes of at least 4 members (excludes halogenated alkanes) is 18. The zero-order valence-electron chi connectivity index (χ0n) is 43.6. The normalized spacial score (nSPS) is 14.9. The fourth-order valence-corrected chi connectivity index (χ4v) is 7.74. The minimum absolute atomic E-state index is 0.0488. The number of rotatable bonds is 47. The number of nitrogens with one attached hydrogen (secondary N) is 1. The van der Waals surface area contributed by atoms with Crippen LogP contribution in [0.3, 0.4) is 0 Å². The molecule has 0 aliphatic heterocycles. The molecule has 0 aromatic rings. The van der Waals surface area contributed by atoms with Gasteiger partial charge in [-0.15, -0.1) is 0 Å². The van der Waals surface area contributed by atoms with E-state index in [2.05, 4.69) is 116 Å². The third-order valence-electron chi connectivity index (χ3n) is 11.2. The lowest BCUT2D eigenvalue weighted by Gasteiger charge is -2.25. The second-order valence-electron chi connectivity index (χ2n) is 18.8. The van der Waals surface area contributed by atoms with Crippen LogP contribution >= 0.6 is 7.82 Å². The Hall–Kier alpha value is -2.84. The summed E-state index contributed by atoms with van der Waals surface area (Å²) in [5, 5.41) is 13.8. The maximum Gasteiger partial charge on any atom is 0.472 e. The highest BCUT2D eigenvalue weighted by Crippen LogP contribution is 2.43. The summed E-state index contributed by atoms with van der Waals surface area (Å²) in [4.78, 5) is 23.2. The number of aliphatic hydroxyl groups excluding tert-OH is 1. The van der Waals surface area contributed by atoms with E-state index in [0.717, 1.165) is 89.9 Å². The van der Waals surface area contributed by atoms with Crippen molar-refractivity contribution in [1.29, 1.82) is 0 Å². The van der Waals surface area contributed by atoms with E-state index in [1.165, 1.54) is 89.9 Å². The zero-order valence-corrected chi connectivity index (χ0v) is 44.5. The van der Waals surface area contributed by atoms with Gasteiger partial charge in [0.2, 0.25) is 5.91 Å². The first-order chi connectivity index (χ1) is 32.5. The molecule has 3 N–H and O–H groups in total. The van der Waals surface area contributed by atoms with E-state index in [4.69, 9.17) is 9.05 Å². The highest BCUT2D eigenvalue weighted by atomic mass is 31.2. The molecule has 0 aliphatic carbocycles. The van der Waals surface area contributed by atoms with Crippen LogP contribution in [0.15, 0.2) is 109 Å². The molecule has 0 spiro atoms. The lowest BCUT2D eigenvalue weighted by atomic mass is 10.0. The van der Waals surface area contributed by atoms with Crippen molar-refractivity contribution < 1.29 is 32.9 Å². The summed E-state index contributed by atoms with van der Waals surface area (Å²) >= 11 is 0. The summed E-state index contributed by atoms with van der Waals surface area (Å²) in [5.41, 5.74) is 0. The van der Waals surface area contributed by atoms with E-state index in [-0.39, 0.29) is 19.1 Å². The number of carbonyl (C=O) groups is 1. The second kappa shape index (κ2) is 48.2. The average molecular weight is 954 g/mol. The first-order valence-electron chi connectivity index (χ1n) is 26.8. The molecule has 3 unspecified atom stereocenters. The summed E-state index contributed by atoms with van der Waals surface area (Å²) in [6, 6.07) is -0.875. The van der Waals surface area contributed by atoms with Gasteiger partial charge >= 0.3 is 7.82 Å². The van der Waals surface area contributed by atoms with Gasteiger partial charge in [-0.2, -0.15) is 0 Å². The Morgan fingerprint density at radius 1 is 0.522 bits per heavy atom. The number of nitrogens with zero attached hydrogens (tertiary/aromatic N) is 1. The van der Waals surface area contributed by atoms with Crippen LogP contribution < -0.4 is 5.32 Å². The molecule has 0 rings (SSSR count). The minimum atomic E-state index is -4.36. The van der Waals surface area contributed by atoms with Gasteiger partial charge in [-0.05, 0) is 89.9 Å². The molecular weight excluding hydrogens is 852 g/mol. The smallest absolute Gasteiger partial charge is 0.387 e. The molecule has 0 saturated heterocycles. The standard InChI is InChI=1S/C58H101N2O6P/c1-6-8-10-12-14-16-18-20-21-22-23-24-25-26-27-28-29-30-31-32-33-34-35-36-37-38-39-40-42-44-46-48-50-52-58(62)59-56(55-66-67(63,64)65-54-53-60(3,4)5)57(61)51-49-47-45-43-41-19-17-15-13-11-9-7-2/h8,10,13-16,20-21,23-24,26-27,29-30,41,43,49,51,56-57,61H,6-7,9,11-12,17-19,22,25,28,31-40,42,44-48,50,52-55H2,1-5H3,(H-,59,62,63,64)/p+1/b10-8-,15-13+,16-14-,21-20-,24-23-,27-26-,30-29-,43-41+,51-49+. The van der Waals surface area contributed by atoms with Crippen LogP contribution in [0.1, 0.15) is 200 Å². The predicted octanol–water partition coefficient (Wildman–Crippen LogP) is 16.0. The SMILES string of the molecule is CC/C=C\C/C=C\C/C=C\C/C=C\C/C=C\C/C=C\CCCCCCCCCCCCCCCCC(=O)NC(COP(=O)(O)OCC[N+](C)(C)C)C(O)/C=C/CC/C=C/CC/C=C/CCCC. The number of phosphoric acid groups is 1. The molecule has 8 nitrogen and oxygen atoms in total. The average Bonchev–Trinajstić information content (AvgIpc) is 3.29. The topological polar surface area (TPSA) is 105 Å². The van der Waals surface area contributed by atoms with Gasteiger partial charge in [-0.1, -0.05) is 213 Å². The van der Waals surface area contributed by atoms with E-state index < -0.39 is 20.0 Å². The molecular formula is C58H102N2O6P+. The number of phosphoric ester groups is 1. The molecule has 67 heavy (non-hydrogen) atoms. The Labute approximate surface area is 412 Å². The van der Waals surface area contributed by atoms with Gasteiger partial charge in [0.1, 0.15) is 13.2 Å². The molecule has 3 atom stereocenters. The number of aliphatic hydroxyl groups is 1. The largest absolute Gasteiger partial charge is 0.472 e. The van der Waals surface area contributed by atoms with Gasteiger partial charge < -0.3 is 19.8 Å². The Kier molecular flexibility index (Phi) is 46.2. The van der Waals surface area contributed by atoms with E-state index in [1.807, 2.05) is 27.2 Å². The van der Waals surface area contributed by atoms with Crippen molar-refractivity contribution >= 4 is 13.7 Å². The molecule has 0 heterocycles. The fourth-order valence-electron chi connectivity index (χ4n) is 7.00. The Bertz CT molecular complexity index is 1450. The first kappa shape index (κ1) is 64.2. The van der Waals surface area contributed by atoms with Crippen LogP contribution in [0, 0.1) is 0 Å². The van der Waals surface area contributed by atoms with E-state index in [9.17, 15) is 19.4 Å². The second-order valence-corrected chi connectivity index (χ2v) is 20.3. The number of carbonyl (C=O) groups excluding carboxylic acids is 1. The summed E-state index contributed by atoms with van der Waals surface area (Å²) in [6.07, 6.45) is 70.5. The van der Waals surface area contributed by atoms with Crippen LogP contribution in [-0.4, -0.2) is 73.4 Å². The molecule has 0 fully saturated rings. The van der Waals surface area contributed by atoms with E-state index >= 15 is 0 Å². The van der Waals surface area contributed by atoms with Crippen molar-refractivity contribution in [2.24, 2.45) is 0 Å². The van der Waals surface area contributed by atoms with Gasteiger partial charge in [0.05, 0.1) is 39.9 Å². The monoisotopic (exact) mass is 954 g/mol. The number of hydrogen-bond acceptors (Lipinski definition) is 5. The lowest BCUT2D eigenvalue weighted by molar-refractivity contribution is -0.870. The number of quaternary nitrogens is 1. The quantitative estimate of drug-likeness (QED) is 0.0243. The summed E-state index contributed by atoms with van der Waals surface area (Å²) in [5.74, 6) is -0.198. The summed E-state index contributed by atoms with van der Waals surface area (Å²) < 4.78 is 23.6. The van der Waals surface area contributed by atoms with Crippen LogP contribution in [0.25, 0.3) is 0 Å². The number of allylic oxidation sites excluding steroid dienone is 17. The van der Waals surface area contributed by atoms with Crippen molar-refractivity contribution in [3.05, 3.63) is 109 Å². The van der Waals surface area contributed by atoms with Gasteiger partial charge in [-0.3, -0.25) is 13.8 Å². The third-order valence-corrected chi connectivity index (χ3v) is 12.2. The van der Waals surface area contributed by atoms with Crippen LogP contribution in [-0.2, 0) is 18.4 Å². The minimum Gasteiger partial charge on any atom is -0.387 e. The molecule has 0 aromatic heterocycles. The predicted molar refractivity (Wildman–Crippen MR) is 290 cm³/mol. The van der Waals surface area contributed by atoms with Crippen LogP contribution in [0.5, 0.6) is 0 Å². The van der Waals surface area contributed by atoms with Gasteiger partial charge in [0.15, 0.2) is 0 Å². The van der Waals surface area contributed by atoms with Crippen molar-refractivity contribution in [1.82, 2.24) is 5.32 Å². The molecule has 0 bridgehead atoms. The Morgan fingerprint density at radius 3 is 1.37 bits per heavy atom. The maximum absolute atomic E-state index is 12.9. The van der Waals surface area contributed by atoms with E-state index in [1.54, 1.807) is 6.08 Å². The number of amides is 1. The Balaban J connectivity index is 4.12. The molecule has 9 heteroatoms. The van der Waals surface area contributed by atoms with Gasteiger partial charge in [-0.25, -0.2) is 4.57 Å². The fraction of sp³-hybridized carbons (Fsp3) is 0.672. The summed E-state index contributed by atoms with van der Waals surface area (Å²) in [7, 11) is 1.53. The maximum atomic E-state index is 12.9. The highest BCUT2D eigenvalue weighted by Gasteiger charge is 2.27. The zero-order chi connectivity index (χ0) is 49.2. The van der Waals surface area contributed by atoms with Gasteiger partial charge in [0, 0.05) is 6.42 Å². The third kappa shape index (κ3) is 50.9. The van der Waals surface area contributed by atoms with Crippen molar-refractivity contribution in [3.8, 4) is 0 Å². The Morgan fingerprint density at radius 2 is 0.910 bits per heavy atom. The molecule has 0 aromatic carbocycles. The van der Waals surface area contributed by atoms with Crippen LogP contribution in [0.2, 0.25) is 0 Å². The molecule has 384 valence electrons. The van der Waals surface area contributed by atoms with Crippen molar-refractivity contribution in [2.45, 2.75) is 212 Å². The van der Waals surface area contributed by atoms with Crippen molar-refractivity contribution in [2.75, 3.05) is 40.9 Å². The van der Waals surface area contributed by atoms with Crippen molar-refractivity contribution in [3.63, 3.8) is 0 Å². The molecule has 0 saturated carbocycles. The highest BCUT2D eigenvalue weighted by molar-refractivity contribution is 7.47. The lowest BCUT2D eigenvalue weighted by Crippen LogP contribution is -2.45. The number of hydrogen-bond donors (Lipinski definition) is 3.